The van der Waals surface area contributed by atoms with Crippen LogP contribution in [0.25, 0.3) is 0 Å². The van der Waals surface area contributed by atoms with Crippen molar-refractivity contribution >= 4 is 17.6 Å². The molecule has 0 bridgehead atoms. The summed E-state index contributed by atoms with van der Waals surface area (Å²) in [4.78, 5) is 22.0. The number of nitrogens with one attached hydrogen (secondary N) is 1. The maximum atomic E-state index is 11.1. The van der Waals surface area contributed by atoms with E-state index in [9.17, 15) is 9.59 Å². The van der Waals surface area contributed by atoms with Gasteiger partial charge in [0.05, 0.1) is 5.41 Å². The van der Waals surface area contributed by atoms with E-state index in [1.165, 1.54) is 6.92 Å². The molecule has 0 aromatic heterocycles. The highest BCUT2D eigenvalue weighted by Crippen LogP contribution is 2.48. The molecule has 0 radical (unpaired) electrons. The SMILES string of the molecule is CC(=O)Nc1cccc(C2(C(=O)O)CC2)c1. The van der Waals surface area contributed by atoms with Crippen LogP contribution in [-0.4, -0.2) is 17.0 Å². The smallest absolute Gasteiger partial charge is 0.314 e. The van der Waals surface area contributed by atoms with Crippen LogP contribution in [0.2, 0.25) is 0 Å². The van der Waals surface area contributed by atoms with Gasteiger partial charge >= 0.3 is 5.97 Å². The van der Waals surface area contributed by atoms with E-state index < -0.39 is 11.4 Å². The van der Waals surface area contributed by atoms with E-state index in [1.807, 2.05) is 0 Å². The van der Waals surface area contributed by atoms with Gasteiger partial charge in [0.15, 0.2) is 0 Å². The highest BCUT2D eigenvalue weighted by atomic mass is 16.4. The highest BCUT2D eigenvalue weighted by molar-refractivity contribution is 5.90. The molecule has 4 nitrogen and oxygen atoms in total. The minimum Gasteiger partial charge on any atom is -0.481 e. The van der Waals surface area contributed by atoms with Crippen LogP contribution in [0.4, 0.5) is 5.69 Å². The molecule has 0 heterocycles. The molecule has 84 valence electrons. The zero-order valence-corrected chi connectivity index (χ0v) is 8.99. The monoisotopic (exact) mass is 219 g/mol. The van der Waals surface area contributed by atoms with Crippen LogP contribution in [0, 0.1) is 0 Å². The Morgan fingerprint density at radius 3 is 2.56 bits per heavy atom. The highest BCUT2D eigenvalue weighted by Gasteiger charge is 2.51. The zero-order chi connectivity index (χ0) is 11.8. The van der Waals surface area contributed by atoms with Crippen LogP contribution >= 0.6 is 0 Å². The second-order valence-electron chi connectivity index (χ2n) is 4.15. The molecule has 4 heteroatoms. The average Bonchev–Trinajstić information content (AvgIpc) is 2.97. The van der Waals surface area contributed by atoms with Gasteiger partial charge < -0.3 is 10.4 Å². The summed E-state index contributed by atoms with van der Waals surface area (Å²) < 4.78 is 0. The zero-order valence-electron chi connectivity index (χ0n) is 8.99. The number of hydrogen-bond acceptors (Lipinski definition) is 2. The Bertz CT molecular complexity index is 449. The van der Waals surface area contributed by atoms with Crippen LogP contribution in [0.5, 0.6) is 0 Å². The van der Waals surface area contributed by atoms with E-state index >= 15 is 0 Å². The van der Waals surface area contributed by atoms with E-state index in [0.29, 0.717) is 18.5 Å². The van der Waals surface area contributed by atoms with Gasteiger partial charge in [0.25, 0.3) is 0 Å². The Morgan fingerprint density at radius 2 is 2.06 bits per heavy atom. The van der Waals surface area contributed by atoms with Crippen molar-refractivity contribution in [1.82, 2.24) is 0 Å². The lowest BCUT2D eigenvalue weighted by molar-refractivity contribution is -0.140. The lowest BCUT2D eigenvalue weighted by Crippen LogP contribution is -2.19. The van der Waals surface area contributed by atoms with Gasteiger partial charge in [0.1, 0.15) is 0 Å². The van der Waals surface area contributed by atoms with Gasteiger partial charge in [-0.2, -0.15) is 0 Å². The Hall–Kier alpha value is -1.84. The molecule has 2 N–H and O–H groups in total. The number of amides is 1. The van der Waals surface area contributed by atoms with Gasteiger partial charge in [-0.3, -0.25) is 9.59 Å². The minimum atomic E-state index is -0.785. The fourth-order valence-electron chi connectivity index (χ4n) is 1.85. The predicted octanol–water partition coefficient (Wildman–Crippen LogP) is 1.76. The summed E-state index contributed by atoms with van der Waals surface area (Å²) in [6, 6.07) is 7.06. The number of carboxylic acids is 1. The van der Waals surface area contributed by atoms with Crippen LogP contribution in [0.3, 0.4) is 0 Å². The lowest BCUT2D eigenvalue weighted by Gasteiger charge is -2.11. The van der Waals surface area contributed by atoms with Gasteiger partial charge in [-0.25, -0.2) is 0 Å². The largest absolute Gasteiger partial charge is 0.481 e. The number of aliphatic carboxylic acids is 1. The second-order valence-corrected chi connectivity index (χ2v) is 4.15. The quantitative estimate of drug-likeness (QED) is 0.814. The normalized spacial score (nSPS) is 16.6. The van der Waals surface area contributed by atoms with E-state index in [4.69, 9.17) is 5.11 Å². The molecule has 16 heavy (non-hydrogen) atoms. The Morgan fingerprint density at radius 1 is 1.38 bits per heavy atom. The first kappa shape index (κ1) is 10.7. The van der Waals surface area contributed by atoms with E-state index in [2.05, 4.69) is 5.32 Å². The Balaban J connectivity index is 2.29. The number of benzene rings is 1. The summed E-state index contributed by atoms with van der Waals surface area (Å²) >= 11 is 0. The Labute approximate surface area is 93.3 Å². The van der Waals surface area contributed by atoms with Crippen molar-refractivity contribution in [3.63, 3.8) is 0 Å². The fourth-order valence-corrected chi connectivity index (χ4v) is 1.85. The molecule has 1 aliphatic rings. The van der Waals surface area contributed by atoms with Crippen LogP contribution in [-0.2, 0) is 15.0 Å². The van der Waals surface area contributed by atoms with Crippen LogP contribution < -0.4 is 5.32 Å². The maximum Gasteiger partial charge on any atom is 0.314 e. The average molecular weight is 219 g/mol. The number of hydrogen-bond donors (Lipinski definition) is 2. The fraction of sp³-hybridized carbons (Fsp3) is 0.333. The molecule has 1 aliphatic carbocycles. The van der Waals surface area contributed by atoms with Crippen LogP contribution in [0.15, 0.2) is 24.3 Å². The second kappa shape index (κ2) is 3.63. The molecule has 0 aliphatic heterocycles. The maximum absolute atomic E-state index is 11.1. The first-order chi connectivity index (χ1) is 7.54. The number of anilines is 1. The third-order valence-corrected chi connectivity index (χ3v) is 2.89. The van der Waals surface area contributed by atoms with Crippen molar-refractivity contribution in [2.75, 3.05) is 5.32 Å². The summed E-state index contributed by atoms with van der Waals surface area (Å²) in [6.45, 7) is 1.43. The van der Waals surface area contributed by atoms with Crippen molar-refractivity contribution in [2.24, 2.45) is 0 Å². The Kier molecular flexibility index (Phi) is 2.42. The van der Waals surface area contributed by atoms with Crippen molar-refractivity contribution in [3.05, 3.63) is 29.8 Å². The van der Waals surface area contributed by atoms with Gasteiger partial charge in [-0.1, -0.05) is 12.1 Å². The van der Waals surface area contributed by atoms with Crippen molar-refractivity contribution in [2.45, 2.75) is 25.2 Å². The summed E-state index contributed by atoms with van der Waals surface area (Å²) in [6.07, 6.45) is 1.34. The first-order valence-electron chi connectivity index (χ1n) is 5.16. The summed E-state index contributed by atoms with van der Waals surface area (Å²) in [7, 11) is 0. The minimum absolute atomic E-state index is 0.155. The molecule has 1 saturated carbocycles. The van der Waals surface area contributed by atoms with E-state index in [0.717, 1.165) is 5.56 Å². The summed E-state index contributed by atoms with van der Waals surface area (Å²) in [5.41, 5.74) is 0.706. The third kappa shape index (κ3) is 1.78. The molecule has 1 aromatic rings. The first-order valence-corrected chi connectivity index (χ1v) is 5.16. The predicted molar refractivity (Wildman–Crippen MR) is 59.3 cm³/mol. The van der Waals surface area contributed by atoms with Gasteiger partial charge in [0, 0.05) is 12.6 Å². The molecule has 0 saturated heterocycles. The molecule has 1 amide bonds. The molecule has 1 fully saturated rings. The van der Waals surface area contributed by atoms with Crippen molar-refractivity contribution in [1.29, 1.82) is 0 Å². The van der Waals surface area contributed by atoms with Gasteiger partial charge in [0.2, 0.25) is 5.91 Å². The molecule has 0 atom stereocenters. The molecule has 2 rings (SSSR count). The molecule has 1 aromatic carbocycles. The summed E-state index contributed by atoms with van der Waals surface area (Å²) in [5.74, 6) is -0.940. The number of carbonyl (C=O) groups excluding carboxylic acids is 1. The summed E-state index contributed by atoms with van der Waals surface area (Å²) in [5, 5.41) is 11.8. The van der Waals surface area contributed by atoms with Gasteiger partial charge in [-0.05, 0) is 30.5 Å². The van der Waals surface area contributed by atoms with Crippen LogP contribution in [0.1, 0.15) is 25.3 Å². The molecule has 0 unspecified atom stereocenters. The molecule has 0 spiro atoms. The topological polar surface area (TPSA) is 66.4 Å². The van der Waals surface area contributed by atoms with Gasteiger partial charge in [-0.15, -0.1) is 0 Å². The van der Waals surface area contributed by atoms with Crippen molar-refractivity contribution in [3.8, 4) is 0 Å². The lowest BCUT2D eigenvalue weighted by atomic mass is 9.96. The molecular formula is C12H13NO3. The number of rotatable bonds is 3. The van der Waals surface area contributed by atoms with Crippen molar-refractivity contribution < 1.29 is 14.7 Å². The number of carboxylic acid groups (broad SMARTS) is 1. The molecular weight excluding hydrogens is 206 g/mol. The standard InChI is InChI=1S/C12H13NO3/c1-8(14)13-10-4-2-3-9(7-10)12(5-6-12)11(15)16/h2-4,7H,5-6H2,1H3,(H,13,14)(H,15,16). The van der Waals surface area contributed by atoms with E-state index in [1.54, 1.807) is 24.3 Å². The van der Waals surface area contributed by atoms with E-state index in [-0.39, 0.29) is 5.91 Å². The third-order valence-electron chi connectivity index (χ3n) is 2.89. The number of carbonyl (C=O) groups is 2.